The van der Waals surface area contributed by atoms with E-state index in [9.17, 15) is 4.79 Å². The topological polar surface area (TPSA) is 52.2 Å². The molecule has 0 radical (unpaired) electrons. The highest BCUT2D eigenvalue weighted by molar-refractivity contribution is 5.78. The van der Waals surface area contributed by atoms with Gasteiger partial charge in [-0.1, -0.05) is 30.3 Å². The predicted octanol–water partition coefficient (Wildman–Crippen LogP) is 2.38. The fraction of sp³-hybridized carbons (Fsp3) is 0.412. The molecule has 1 amide bonds. The number of likely N-dealkylation sites (N-methyl/N-ethyl adjacent to an activating group) is 2. The number of aromatic amines is 1. The monoisotopic (exact) mass is 300 g/mol. The van der Waals surface area contributed by atoms with Crippen LogP contribution in [0.25, 0.3) is 11.3 Å². The van der Waals surface area contributed by atoms with Crippen molar-refractivity contribution in [1.82, 2.24) is 20.0 Å². The Labute approximate surface area is 131 Å². The highest BCUT2D eigenvalue weighted by atomic mass is 16.2. The Hall–Kier alpha value is -2.14. The molecule has 0 aliphatic heterocycles. The van der Waals surface area contributed by atoms with Gasteiger partial charge in [-0.15, -0.1) is 0 Å². The van der Waals surface area contributed by atoms with Gasteiger partial charge in [0.05, 0.1) is 18.4 Å². The van der Waals surface area contributed by atoms with Crippen molar-refractivity contribution in [3.05, 3.63) is 42.1 Å². The van der Waals surface area contributed by atoms with Gasteiger partial charge in [-0.25, -0.2) is 0 Å². The van der Waals surface area contributed by atoms with Crippen molar-refractivity contribution in [2.75, 3.05) is 26.7 Å². The number of amides is 1. The quantitative estimate of drug-likeness (QED) is 0.854. The lowest BCUT2D eigenvalue weighted by atomic mass is 10.1. The minimum Gasteiger partial charge on any atom is -0.342 e. The SMILES string of the molecule is CCN(CC)C(=O)CN(C)Cc1cn[nH]c1-c1ccccc1. The summed E-state index contributed by atoms with van der Waals surface area (Å²) in [6.07, 6.45) is 1.83. The zero-order valence-electron chi connectivity index (χ0n) is 13.5. The van der Waals surface area contributed by atoms with Crippen molar-refractivity contribution in [2.24, 2.45) is 0 Å². The number of nitrogens with one attached hydrogen (secondary N) is 1. The highest BCUT2D eigenvalue weighted by Crippen LogP contribution is 2.21. The molecular weight excluding hydrogens is 276 g/mol. The Bertz CT molecular complexity index is 590. The van der Waals surface area contributed by atoms with Gasteiger partial charge in [-0.05, 0) is 26.5 Å². The van der Waals surface area contributed by atoms with E-state index in [4.69, 9.17) is 0 Å². The van der Waals surface area contributed by atoms with E-state index in [1.165, 1.54) is 0 Å². The van der Waals surface area contributed by atoms with Gasteiger partial charge in [0.2, 0.25) is 5.91 Å². The van der Waals surface area contributed by atoms with Gasteiger partial charge >= 0.3 is 0 Å². The molecule has 0 bridgehead atoms. The molecule has 5 heteroatoms. The zero-order chi connectivity index (χ0) is 15.9. The smallest absolute Gasteiger partial charge is 0.236 e. The van der Waals surface area contributed by atoms with Crippen LogP contribution in [0, 0.1) is 0 Å². The molecule has 1 aromatic carbocycles. The van der Waals surface area contributed by atoms with Gasteiger partial charge in [0, 0.05) is 25.2 Å². The van der Waals surface area contributed by atoms with Crippen LogP contribution in [0.5, 0.6) is 0 Å². The molecule has 22 heavy (non-hydrogen) atoms. The van der Waals surface area contributed by atoms with Gasteiger partial charge in [0.1, 0.15) is 0 Å². The first kappa shape index (κ1) is 16.2. The van der Waals surface area contributed by atoms with Crippen LogP contribution in [0.4, 0.5) is 0 Å². The normalized spacial score (nSPS) is 10.9. The summed E-state index contributed by atoms with van der Waals surface area (Å²) >= 11 is 0. The van der Waals surface area contributed by atoms with E-state index in [0.29, 0.717) is 13.1 Å². The Kier molecular flexibility index (Phi) is 5.72. The van der Waals surface area contributed by atoms with E-state index in [2.05, 4.69) is 22.3 Å². The molecule has 1 N–H and O–H groups in total. The summed E-state index contributed by atoms with van der Waals surface area (Å²) in [6.45, 7) is 6.62. The third-order valence-electron chi connectivity index (χ3n) is 3.74. The molecule has 0 spiro atoms. The number of hydrogen-bond donors (Lipinski definition) is 1. The first-order chi connectivity index (χ1) is 10.7. The summed E-state index contributed by atoms with van der Waals surface area (Å²) in [4.78, 5) is 16.0. The zero-order valence-corrected chi connectivity index (χ0v) is 13.5. The number of H-pyrrole nitrogens is 1. The maximum atomic E-state index is 12.2. The molecular formula is C17H24N4O. The maximum Gasteiger partial charge on any atom is 0.236 e. The average molecular weight is 300 g/mol. The molecule has 2 rings (SSSR count). The molecule has 0 aliphatic rings. The van der Waals surface area contributed by atoms with E-state index in [1.54, 1.807) is 0 Å². The van der Waals surface area contributed by atoms with Crippen LogP contribution in [0.2, 0.25) is 0 Å². The molecule has 0 aliphatic carbocycles. The van der Waals surface area contributed by atoms with Crippen LogP contribution in [-0.2, 0) is 11.3 Å². The number of rotatable bonds is 7. The van der Waals surface area contributed by atoms with Crippen LogP contribution in [0.3, 0.4) is 0 Å². The van der Waals surface area contributed by atoms with Gasteiger partial charge in [-0.3, -0.25) is 14.8 Å². The van der Waals surface area contributed by atoms with Crippen LogP contribution in [0.1, 0.15) is 19.4 Å². The lowest BCUT2D eigenvalue weighted by Gasteiger charge is -2.23. The van der Waals surface area contributed by atoms with Crippen molar-refractivity contribution in [3.8, 4) is 11.3 Å². The third kappa shape index (κ3) is 3.95. The number of hydrogen-bond acceptors (Lipinski definition) is 3. The largest absolute Gasteiger partial charge is 0.342 e. The van der Waals surface area contributed by atoms with E-state index in [-0.39, 0.29) is 5.91 Å². The second kappa shape index (κ2) is 7.75. The van der Waals surface area contributed by atoms with E-state index in [0.717, 1.165) is 29.9 Å². The van der Waals surface area contributed by atoms with E-state index in [1.807, 2.05) is 55.1 Å². The number of benzene rings is 1. The van der Waals surface area contributed by atoms with E-state index >= 15 is 0 Å². The van der Waals surface area contributed by atoms with Gasteiger partial charge in [0.15, 0.2) is 0 Å². The minimum absolute atomic E-state index is 0.164. The van der Waals surface area contributed by atoms with Crippen molar-refractivity contribution < 1.29 is 4.79 Å². The summed E-state index contributed by atoms with van der Waals surface area (Å²) in [5, 5.41) is 7.20. The maximum absolute atomic E-state index is 12.2. The van der Waals surface area contributed by atoms with Crippen molar-refractivity contribution in [1.29, 1.82) is 0 Å². The average Bonchev–Trinajstić information content (AvgIpc) is 2.97. The lowest BCUT2D eigenvalue weighted by Crippen LogP contribution is -2.38. The lowest BCUT2D eigenvalue weighted by molar-refractivity contribution is -0.131. The Balaban J connectivity index is 2.03. The molecule has 118 valence electrons. The van der Waals surface area contributed by atoms with Crippen molar-refractivity contribution >= 4 is 5.91 Å². The second-order valence-electron chi connectivity index (χ2n) is 5.37. The molecule has 0 atom stereocenters. The summed E-state index contributed by atoms with van der Waals surface area (Å²) < 4.78 is 0. The second-order valence-corrected chi connectivity index (χ2v) is 5.37. The predicted molar refractivity (Wildman–Crippen MR) is 88.3 cm³/mol. The molecule has 0 fully saturated rings. The fourth-order valence-electron chi connectivity index (χ4n) is 2.54. The van der Waals surface area contributed by atoms with Crippen LogP contribution in [-0.4, -0.2) is 52.6 Å². The van der Waals surface area contributed by atoms with E-state index < -0.39 is 0 Å². The van der Waals surface area contributed by atoms with Crippen molar-refractivity contribution in [3.63, 3.8) is 0 Å². The van der Waals surface area contributed by atoms with Crippen LogP contribution >= 0.6 is 0 Å². The molecule has 0 saturated heterocycles. The number of carbonyl (C=O) groups is 1. The molecule has 5 nitrogen and oxygen atoms in total. The highest BCUT2D eigenvalue weighted by Gasteiger charge is 2.15. The van der Waals surface area contributed by atoms with Crippen LogP contribution < -0.4 is 0 Å². The van der Waals surface area contributed by atoms with Gasteiger partial charge in [-0.2, -0.15) is 5.10 Å². The summed E-state index contributed by atoms with van der Waals surface area (Å²) in [7, 11) is 1.96. The minimum atomic E-state index is 0.164. The molecule has 1 aromatic heterocycles. The Morgan fingerprint density at radius 1 is 1.18 bits per heavy atom. The molecule has 0 saturated carbocycles. The molecule has 2 aromatic rings. The Morgan fingerprint density at radius 2 is 1.86 bits per heavy atom. The number of carbonyl (C=O) groups excluding carboxylic acids is 1. The fourth-order valence-corrected chi connectivity index (χ4v) is 2.54. The van der Waals surface area contributed by atoms with Crippen LogP contribution in [0.15, 0.2) is 36.5 Å². The molecule has 0 unspecified atom stereocenters. The first-order valence-electron chi connectivity index (χ1n) is 7.69. The van der Waals surface area contributed by atoms with Gasteiger partial charge in [0.25, 0.3) is 0 Å². The number of nitrogens with zero attached hydrogens (tertiary/aromatic N) is 3. The van der Waals surface area contributed by atoms with Gasteiger partial charge < -0.3 is 4.90 Å². The summed E-state index contributed by atoms with van der Waals surface area (Å²) in [5.41, 5.74) is 3.22. The summed E-state index contributed by atoms with van der Waals surface area (Å²) in [5.74, 6) is 0.164. The molecule has 1 heterocycles. The number of aromatic nitrogens is 2. The third-order valence-corrected chi connectivity index (χ3v) is 3.74. The standard InChI is InChI=1S/C17H24N4O/c1-4-21(5-2)16(22)13-20(3)12-15-11-18-19-17(15)14-9-7-6-8-10-14/h6-11H,4-5,12-13H2,1-3H3,(H,18,19). The Morgan fingerprint density at radius 3 is 2.50 bits per heavy atom. The first-order valence-corrected chi connectivity index (χ1v) is 7.69. The van der Waals surface area contributed by atoms with Crippen molar-refractivity contribution in [2.45, 2.75) is 20.4 Å². The summed E-state index contributed by atoms with van der Waals surface area (Å²) in [6, 6.07) is 10.1.